The first-order valence-corrected chi connectivity index (χ1v) is 13.1. The molecule has 3 aromatic carbocycles. The third-order valence-electron chi connectivity index (χ3n) is 5.72. The minimum Gasteiger partial charge on any atom is -0.378 e. The Kier molecular flexibility index (Phi) is 5.97. The van der Waals surface area contributed by atoms with Crippen LogP contribution in [0.15, 0.2) is 77.7 Å². The molecule has 4 aromatic rings. The highest BCUT2D eigenvalue weighted by molar-refractivity contribution is 7.89. The lowest BCUT2D eigenvalue weighted by Crippen LogP contribution is -2.28. The van der Waals surface area contributed by atoms with Crippen LogP contribution in [0.4, 0.5) is 5.69 Å². The molecule has 33 heavy (non-hydrogen) atoms. The predicted octanol–water partition coefficient (Wildman–Crippen LogP) is 5.04. The third-order valence-corrected chi connectivity index (χ3v) is 8.70. The highest BCUT2D eigenvalue weighted by Crippen LogP contribution is 2.31. The van der Waals surface area contributed by atoms with E-state index in [-0.39, 0.29) is 17.2 Å². The number of hydrogen-bond acceptors (Lipinski definition) is 6. The molecule has 0 amide bonds. The standard InChI is InChI=1S/C25H23N3O3S2/c29-23(18-7-6-10-21(16-18)33(30,31)28-13-3-4-14-28)17-26-20-9-5-8-19(15-20)25-27-22-11-1-2-12-24(22)32-25/h1-2,5-12,15-16,26H,3-4,13-14,17H2. The molecule has 0 unspecified atom stereocenters. The molecule has 0 aliphatic carbocycles. The van der Waals surface area contributed by atoms with Crippen molar-refractivity contribution in [1.82, 2.24) is 9.29 Å². The molecule has 1 aliphatic rings. The van der Waals surface area contributed by atoms with Gasteiger partial charge in [-0.3, -0.25) is 4.79 Å². The fraction of sp³-hybridized carbons (Fsp3) is 0.200. The van der Waals surface area contributed by atoms with Gasteiger partial charge in [-0.2, -0.15) is 4.31 Å². The Morgan fingerprint density at radius 1 is 0.970 bits per heavy atom. The van der Waals surface area contributed by atoms with Gasteiger partial charge < -0.3 is 5.32 Å². The van der Waals surface area contributed by atoms with Crippen LogP contribution in [-0.4, -0.2) is 43.1 Å². The molecule has 1 aromatic heterocycles. The maximum absolute atomic E-state index is 12.8. The molecule has 2 heterocycles. The van der Waals surface area contributed by atoms with Gasteiger partial charge >= 0.3 is 0 Å². The zero-order chi connectivity index (χ0) is 22.8. The predicted molar refractivity (Wildman–Crippen MR) is 132 cm³/mol. The number of anilines is 1. The van der Waals surface area contributed by atoms with E-state index in [2.05, 4.69) is 11.4 Å². The Labute approximate surface area is 197 Å². The fourth-order valence-corrected chi connectivity index (χ4v) is 6.48. The second-order valence-corrected chi connectivity index (χ2v) is 11.0. The number of ketones is 1. The Bertz CT molecular complexity index is 1390. The van der Waals surface area contributed by atoms with Gasteiger partial charge in [0.1, 0.15) is 5.01 Å². The number of benzene rings is 3. The number of aromatic nitrogens is 1. The molecule has 1 aliphatic heterocycles. The SMILES string of the molecule is O=C(CNc1cccc(-c2nc3ccccc3s2)c1)c1cccc(S(=O)(=O)N2CCCC2)c1. The molecule has 0 spiro atoms. The molecule has 0 bridgehead atoms. The first kappa shape index (κ1) is 21.8. The number of para-hydroxylation sites is 1. The average molecular weight is 478 g/mol. The van der Waals surface area contributed by atoms with Gasteiger partial charge in [-0.15, -0.1) is 11.3 Å². The van der Waals surface area contributed by atoms with Crippen molar-refractivity contribution < 1.29 is 13.2 Å². The van der Waals surface area contributed by atoms with E-state index in [4.69, 9.17) is 4.98 Å². The molecule has 0 saturated carbocycles. The number of thiazole rings is 1. The van der Waals surface area contributed by atoms with E-state index in [1.807, 2.05) is 42.5 Å². The fourth-order valence-electron chi connectivity index (χ4n) is 3.95. The summed E-state index contributed by atoms with van der Waals surface area (Å²) in [5.41, 5.74) is 3.13. The van der Waals surface area contributed by atoms with Crippen LogP contribution in [0.5, 0.6) is 0 Å². The Hall–Kier alpha value is -3.07. The zero-order valence-corrected chi connectivity index (χ0v) is 19.5. The van der Waals surface area contributed by atoms with Crippen LogP contribution >= 0.6 is 11.3 Å². The van der Waals surface area contributed by atoms with Crippen molar-refractivity contribution in [2.75, 3.05) is 25.0 Å². The lowest BCUT2D eigenvalue weighted by molar-refractivity contribution is 0.101. The van der Waals surface area contributed by atoms with Crippen LogP contribution < -0.4 is 5.32 Å². The topological polar surface area (TPSA) is 79.4 Å². The van der Waals surface area contributed by atoms with Gasteiger partial charge in [-0.25, -0.2) is 13.4 Å². The largest absolute Gasteiger partial charge is 0.378 e. The maximum Gasteiger partial charge on any atom is 0.243 e. The number of sulfonamides is 1. The van der Waals surface area contributed by atoms with E-state index >= 15 is 0 Å². The quantitative estimate of drug-likeness (QED) is 0.377. The van der Waals surface area contributed by atoms with Crippen LogP contribution in [0.1, 0.15) is 23.2 Å². The van der Waals surface area contributed by atoms with Crippen LogP contribution in [0.25, 0.3) is 20.8 Å². The molecule has 1 N–H and O–H groups in total. The summed E-state index contributed by atoms with van der Waals surface area (Å²) in [6, 6.07) is 22.1. The van der Waals surface area contributed by atoms with Crippen molar-refractivity contribution in [3.05, 3.63) is 78.4 Å². The van der Waals surface area contributed by atoms with Crippen molar-refractivity contribution in [2.45, 2.75) is 17.7 Å². The number of nitrogens with zero attached hydrogens (tertiary/aromatic N) is 2. The summed E-state index contributed by atoms with van der Waals surface area (Å²) >= 11 is 1.63. The van der Waals surface area contributed by atoms with Crippen molar-refractivity contribution >= 4 is 43.0 Å². The normalized spacial score (nSPS) is 14.5. The van der Waals surface area contributed by atoms with Gasteiger partial charge in [-0.05, 0) is 49.2 Å². The molecule has 0 radical (unpaired) electrons. The van der Waals surface area contributed by atoms with E-state index in [1.54, 1.807) is 29.5 Å². The van der Waals surface area contributed by atoms with E-state index in [9.17, 15) is 13.2 Å². The van der Waals surface area contributed by atoms with Gasteiger partial charge in [0, 0.05) is 29.9 Å². The van der Waals surface area contributed by atoms with E-state index < -0.39 is 10.0 Å². The molecule has 168 valence electrons. The number of hydrogen-bond donors (Lipinski definition) is 1. The molecule has 8 heteroatoms. The molecular formula is C25H23N3O3S2. The molecular weight excluding hydrogens is 454 g/mol. The highest BCUT2D eigenvalue weighted by atomic mass is 32.2. The summed E-state index contributed by atoms with van der Waals surface area (Å²) in [6.45, 7) is 1.14. The summed E-state index contributed by atoms with van der Waals surface area (Å²) in [5.74, 6) is -0.168. The highest BCUT2D eigenvalue weighted by Gasteiger charge is 2.27. The van der Waals surface area contributed by atoms with E-state index in [0.29, 0.717) is 18.7 Å². The Morgan fingerprint density at radius 2 is 1.76 bits per heavy atom. The molecule has 0 atom stereocenters. The van der Waals surface area contributed by atoms with Gasteiger partial charge in [0.05, 0.1) is 21.7 Å². The second kappa shape index (κ2) is 9.05. The van der Waals surface area contributed by atoms with Gasteiger partial charge in [0.15, 0.2) is 5.78 Å². The smallest absolute Gasteiger partial charge is 0.243 e. The van der Waals surface area contributed by atoms with Gasteiger partial charge in [0.2, 0.25) is 10.0 Å². The van der Waals surface area contributed by atoms with Crippen LogP contribution in [0, 0.1) is 0 Å². The Morgan fingerprint density at radius 3 is 2.58 bits per heavy atom. The number of rotatable bonds is 7. The molecule has 5 rings (SSSR count). The monoisotopic (exact) mass is 477 g/mol. The van der Waals surface area contributed by atoms with Crippen LogP contribution in [0.3, 0.4) is 0 Å². The number of fused-ring (bicyclic) bond motifs is 1. The molecule has 1 fully saturated rings. The zero-order valence-electron chi connectivity index (χ0n) is 17.9. The molecule has 6 nitrogen and oxygen atoms in total. The van der Waals surface area contributed by atoms with E-state index in [1.165, 1.54) is 10.4 Å². The van der Waals surface area contributed by atoms with Crippen molar-refractivity contribution in [3.8, 4) is 10.6 Å². The van der Waals surface area contributed by atoms with Gasteiger partial charge in [0.25, 0.3) is 0 Å². The first-order chi connectivity index (χ1) is 16.0. The number of carbonyl (C=O) groups is 1. The third kappa shape index (κ3) is 4.55. The molecule has 1 saturated heterocycles. The van der Waals surface area contributed by atoms with Crippen molar-refractivity contribution in [3.63, 3.8) is 0 Å². The maximum atomic E-state index is 12.8. The number of carbonyl (C=O) groups excluding carboxylic acids is 1. The summed E-state index contributed by atoms with van der Waals surface area (Å²) in [7, 11) is -3.55. The lowest BCUT2D eigenvalue weighted by atomic mass is 10.1. The summed E-state index contributed by atoms with van der Waals surface area (Å²) in [5, 5.41) is 4.09. The second-order valence-electron chi connectivity index (χ2n) is 7.98. The van der Waals surface area contributed by atoms with Crippen LogP contribution in [-0.2, 0) is 10.0 Å². The van der Waals surface area contributed by atoms with E-state index in [0.717, 1.165) is 39.3 Å². The lowest BCUT2D eigenvalue weighted by Gasteiger charge is -2.16. The van der Waals surface area contributed by atoms with Crippen molar-refractivity contribution in [2.24, 2.45) is 0 Å². The minimum absolute atomic E-state index is 0.0660. The summed E-state index contributed by atoms with van der Waals surface area (Å²) in [6.07, 6.45) is 1.75. The van der Waals surface area contributed by atoms with Crippen LogP contribution in [0.2, 0.25) is 0 Å². The Balaban J connectivity index is 1.30. The number of Topliss-reactive ketones (excluding diaryl/α,β-unsaturated/α-hetero) is 1. The summed E-state index contributed by atoms with van der Waals surface area (Å²) < 4.78 is 28.3. The minimum atomic E-state index is -3.55. The van der Waals surface area contributed by atoms with Crippen molar-refractivity contribution in [1.29, 1.82) is 0 Å². The number of nitrogens with one attached hydrogen (secondary N) is 1. The first-order valence-electron chi connectivity index (χ1n) is 10.8. The van der Waals surface area contributed by atoms with Gasteiger partial charge in [-0.1, -0.05) is 36.4 Å². The summed E-state index contributed by atoms with van der Waals surface area (Å²) in [4.78, 5) is 17.7. The average Bonchev–Trinajstić information content (AvgIpc) is 3.53.